The Balaban J connectivity index is 3.01. The largest absolute Gasteiger partial charge is 0.466 e. The highest BCUT2D eigenvalue weighted by atomic mass is 127. The predicted molar refractivity (Wildman–Crippen MR) is 70.5 cm³/mol. The van der Waals surface area contributed by atoms with Gasteiger partial charge in [0, 0.05) is 21.2 Å². The SMILES string of the molecule is CCOC(=O)CCOCCOCCOSI. The molecule has 0 aliphatic heterocycles. The molecular formula is C9H17IO5S. The Hall–Kier alpha value is 0.430. The molecule has 16 heavy (non-hydrogen) atoms. The van der Waals surface area contributed by atoms with Crippen LogP contribution in [-0.2, 0) is 23.2 Å². The summed E-state index contributed by atoms with van der Waals surface area (Å²) in [5.74, 6) is -0.226. The quantitative estimate of drug-likeness (QED) is 0.242. The lowest BCUT2D eigenvalue weighted by atomic mass is 10.5. The van der Waals surface area contributed by atoms with Crippen molar-refractivity contribution in [2.24, 2.45) is 0 Å². The van der Waals surface area contributed by atoms with Crippen molar-refractivity contribution in [3.8, 4) is 0 Å². The maximum Gasteiger partial charge on any atom is 0.308 e. The van der Waals surface area contributed by atoms with Crippen LogP contribution in [0.25, 0.3) is 0 Å². The molecule has 7 heteroatoms. The molecule has 0 saturated carbocycles. The van der Waals surface area contributed by atoms with Crippen LogP contribution in [0.15, 0.2) is 0 Å². The normalized spacial score (nSPS) is 10.4. The van der Waals surface area contributed by atoms with E-state index in [-0.39, 0.29) is 5.97 Å². The van der Waals surface area contributed by atoms with Gasteiger partial charge in [0.1, 0.15) is 0 Å². The summed E-state index contributed by atoms with van der Waals surface area (Å²) in [6.07, 6.45) is 0.294. The summed E-state index contributed by atoms with van der Waals surface area (Å²) in [4.78, 5) is 10.9. The van der Waals surface area contributed by atoms with E-state index in [9.17, 15) is 4.79 Å². The fourth-order valence-electron chi connectivity index (χ4n) is 0.835. The van der Waals surface area contributed by atoms with Gasteiger partial charge in [0.2, 0.25) is 0 Å². The van der Waals surface area contributed by atoms with Crippen LogP contribution >= 0.6 is 30.4 Å². The molecule has 0 bridgehead atoms. The molecule has 96 valence electrons. The molecular weight excluding hydrogens is 347 g/mol. The smallest absolute Gasteiger partial charge is 0.308 e. The molecule has 0 aromatic carbocycles. The minimum absolute atomic E-state index is 0.226. The van der Waals surface area contributed by atoms with Crippen molar-refractivity contribution in [2.45, 2.75) is 13.3 Å². The second kappa shape index (κ2) is 13.5. The minimum Gasteiger partial charge on any atom is -0.466 e. The van der Waals surface area contributed by atoms with E-state index >= 15 is 0 Å². The standard InChI is InChI=1S/C9H17IO5S/c1-2-14-9(11)3-4-12-5-6-13-7-8-15-16-10/h2-8H2,1H3. The zero-order valence-corrected chi connectivity index (χ0v) is 12.3. The third kappa shape index (κ3) is 12.5. The van der Waals surface area contributed by atoms with Crippen molar-refractivity contribution in [2.75, 3.05) is 39.6 Å². The second-order valence-electron chi connectivity index (χ2n) is 2.66. The average molecular weight is 364 g/mol. The van der Waals surface area contributed by atoms with Gasteiger partial charge in [-0.2, -0.15) is 0 Å². The predicted octanol–water partition coefficient (Wildman–Crippen LogP) is 1.99. The number of hydrogen-bond donors (Lipinski definition) is 0. The van der Waals surface area contributed by atoms with Crippen molar-refractivity contribution in [3.63, 3.8) is 0 Å². The molecule has 0 saturated heterocycles. The van der Waals surface area contributed by atoms with Crippen molar-refractivity contribution in [1.82, 2.24) is 0 Å². The van der Waals surface area contributed by atoms with Crippen LogP contribution in [0, 0.1) is 0 Å². The Labute approximate surface area is 112 Å². The number of carbonyl (C=O) groups excluding carboxylic acids is 1. The molecule has 0 spiro atoms. The van der Waals surface area contributed by atoms with Gasteiger partial charge in [-0.1, -0.05) is 0 Å². The first-order chi connectivity index (χ1) is 7.81. The summed E-state index contributed by atoms with van der Waals surface area (Å²) in [6.45, 7) is 4.68. The Morgan fingerprint density at radius 1 is 1.12 bits per heavy atom. The highest BCUT2D eigenvalue weighted by Gasteiger charge is 2.00. The van der Waals surface area contributed by atoms with Gasteiger partial charge < -0.3 is 18.4 Å². The molecule has 0 aliphatic carbocycles. The lowest BCUT2D eigenvalue weighted by molar-refractivity contribution is -0.144. The first-order valence-corrected chi connectivity index (χ1v) is 8.31. The molecule has 0 unspecified atom stereocenters. The first-order valence-electron chi connectivity index (χ1n) is 5.02. The molecule has 0 atom stereocenters. The third-order valence-corrected chi connectivity index (χ3v) is 2.50. The Kier molecular flexibility index (Phi) is 13.9. The zero-order valence-electron chi connectivity index (χ0n) is 9.28. The van der Waals surface area contributed by atoms with Crippen LogP contribution in [0.3, 0.4) is 0 Å². The van der Waals surface area contributed by atoms with Gasteiger partial charge >= 0.3 is 5.97 Å². The molecule has 0 aromatic heterocycles. The van der Waals surface area contributed by atoms with Crippen molar-refractivity contribution < 1.29 is 23.2 Å². The molecule has 0 aromatic rings. The minimum atomic E-state index is -0.226. The molecule has 0 fully saturated rings. The topological polar surface area (TPSA) is 54.0 Å². The molecule has 0 rings (SSSR count). The van der Waals surface area contributed by atoms with Gasteiger partial charge in [0.15, 0.2) is 0 Å². The van der Waals surface area contributed by atoms with Crippen molar-refractivity contribution >= 4 is 36.4 Å². The van der Waals surface area contributed by atoms with Crippen LogP contribution in [-0.4, -0.2) is 45.6 Å². The maximum atomic E-state index is 10.9. The van der Waals surface area contributed by atoms with Crippen molar-refractivity contribution in [3.05, 3.63) is 0 Å². The second-order valence-corrected chi connectivity index (χ2v) is 4.11. The van der Waals surface area contributed by atoms with Crippen LogP contribution in [0.1, 0.15) is 13.3 Å². The highest BCUT2D eigenvalue weighted by molar-refractivity contribution is 14.2. The van der Waals surface area contributed by atoms with E-state index in [1.807, 2.05) is 21.2 Å². The number of ether oxygens (including phenoxy) is 3. The Bertz CT molecular complexity index is 170. The van der Waals surface area contributed by atoms with Crippen LogP contribution in [0.4, 0.5) is 0 Å². The number of hydrogen-bond acceptors (Lipinski definition) is 6. The summed E-state index contributed by atoms with van der Waals surface area (Å²) in [5, 5.41) is 0. The Morgan fingerprint density at radius 2 is 1.75 bits per heavy atom. The Morgan fingerprint density at radius 3 is 2.38 bits per heavy atom. The lowest BCUT2D eigenvalue weighted by Crippen LogP contribution is -2.11. The van der Waals surface area contributed by atoms with Gasteiger partial charge in [0.05, 0.1) is 55.3 Å². The van der Waals surface area contributed by atoms with Crippen LogP contribution in [0.2, 0.25) is 0 Å². The maximum absolute atomic E-state index is 10.9. The summed E-state index contributed by atoms with van der Waals surface area (Å²) >= 11 is 2.05. The molecule has 0 aliphatic rings. The van der Waals surface area contributed by atoms with E-state index in [1.54, 1.807) is 6.92 Å². The number of halogens is 1. The van der Waals surface area contributed by atoms with E-state index in [4.69, 9.17) is 18.4 Å². The van der Waals surface area contributed by atoms with E-state index in [0.717, 1.165) is 0 Å². The van der Waals surface area contributed by atoms with E-state index in [0.29, 0.717) is 46.1 Å². The molecule has 0 heterocycles. The molecule has 5 nitrogen and oxygen atoms in total. The van der Waals surface area contributed by atoms with Gasteiger partial charge in [0.25, 0.3) is 0 Å². The zero-order chi connectivity index (χ0) is 12.1. The van der Waals surface area contributed by atoms with Gasteiger partial charge in [-0.25, -0.2) is 0 Å². The van der Waals surface area contributed by atoms with Crippen LogP contribution in [0.5, 0.6) is 0 Å². The summed E-state index contributed by atoms with van der Waals surface area (Å²) < 4.78 is 20.1. The van der Waals surface area contributed by atoms with E-state index < -0.39 is 0 Å². The number of esters is 1. The van der Waals surface area contributed by atoms with Crippen LogP contribution < -0.4 is 0 Å². The molecule has 0 amide bonds. The monoisotopic (exact) mass is 364 g/mol. The molecule has 0 radical (unpaired) electrons. The van der Waals surface area contributed by atoms with E-state index in [1.165, 1.54) is 9.21 Å². The van der Waals surface area contributed by atoms with Crippen molar-refractivity contribution in [1.29, 1.82) is 0 Å². The third-order valence-electron chi connectivity index (χ3n) is 1.48. The highest BCUT2D eigenvalue weighted by Crippen LogP contribution is 2.10. The summed E-state index contributed by atoms with van der Waals surface area (Å²) in [5.41, 5.74) is 0. The summed E-state index contributed by atoms with van der Waals surface area (Å²) in [7, 11) is 1.29. The fraction of sp³-hybridized carbons (Fsp3) is 0.889. The lowest BCUT2D eigenvalue weighted by Gasteiger charge is -2.05. The van der Waals surface area contributed by atoms with Gasteiger partial charge in [-0.3, -0.25) is 4.79 Å². The first kappa shape index (κ1) is 16.4. The number of rotatable bonds is 11. The average Bonchev–Trinajstić information content (AvgIpc) is 2.27. The van der Waals surface area contributed by atoms with Gasteiger partial charge in [-0.15, -0.1) is 0 Å². The molecule has 0 N–H and O–H groups in total. The van der Waals surface area contributed by atoms with E-state index in [2.05, 4.69) is 0 Å². The summed E-state index contributed by atoms with van der Waals surface area (Å²) in [6, 6.07) is 0. The van der Waals surface area contributed by atoms with Gasteiger partial charge in [-0.05, 0) is 6.92 Å². The fourth-order valence-corrected chi connectivity index (χ4v) is 1.51. The number of carbonyl (C=O) groups is 1.